The van der Waals surface area contributed by atoms with Gasteiger partial charge in [0.1, 0.15) is 6.04 Å². The molecule has 2 aromatic heterocycles. The molecule has 0 spiro atoms. The fourth-order valence-electron chi connectivity index (χ4n) is 4.43. The summed E-state index contributed by atoms with van der Waals surface area (Å²) in [6.07, 6.45) is 7.01. The molecule has 2 amide bonds. The van der Waals surface area contributed by atoms with Crippen LogP contribution in [0.5, 0.6) is 0 Å². The van der Waals surface area contributed by atoms with Crippen LogP contribution >= 0.6 is 11.3 Å². The van der Waals surface area contributed by atoms with Crippen LogP contribution < -0.4 is 10.2 Å². The van der Waals surface area contributed by atoms with Crippen LogP contribution in [0, 0.1) is 0 Å². The molecule has 4 heterocycles. The van der Waals surface area contributed by atoms with Crippen molar-refractivity contribution in [1.29, 1.82) is 0 Å². The van der Waals surface area contributed by atoms with Gasteiger partial charge in [0.25, 0.3) is 5.91 Å². The van der Waals surface area contributed by atoms with Gasteiger partial charge in [0.05, 0.1) is 30.8 Å². The first-order chi connectivity index (χ1) is 13.7. The molecule has 2 saturated heterocycles. The number of quaternary nitrogens is 1. The second kappa shape index (κ2) is 8.92. The fraction of sp³-hybridized carbons (Fsp3) is 0.524. The maximum absolute atomic E-state index is 12.9. The maximum atomic E-state index is 12.9. The molecular weight excluding hydrogens is 374 g/mol. The van der Waals surface area contributed by atoms with Crippen LogP contribution in [-0.2, 0) is 4.79 Å². The van der Waals surface area contributed by atoms with Crippen molar-refractivity contribution in [3.05, 3.63) is 46.5 Å². The Morgan fingerprint density at radius 1 is 1.21 bits per heavy atom. The third kappa shape index (κ3) is 4.15. The molecule has 2 aromatic rings. The van der Waals surface area contributed by atoms with Gasteiger partial charge in [-0.3, -0.25) is 9.59 Å². The summed E-state index contributed by atoms with van der Waals surface area (Å²) < 4.78 is 5.68. The SMILES string of the molecule is O=C(NC[C@H](c1ccco1)[NH+]1CCCCC1)[C@H]1CCCN1C(=O)c1cccs1. The van der Waals surface area contributed by atoms with E-state index in [-0.39, 0.29) is 23.9 Å². The van der Waals surface area contributed by atoms with Crippen LogP contribution in [0.4, 0.5) is 0 Å². The fourth-order valence-corrected chi connectivity index (χ4v) is 5.11. The molecule has 2 fully saturated rings. The van der Waals surface area contributed by atoms with Gasteiger partial charge in [0.2, 0.25) is 5.91 Å². The lowest BCUT2D eigenvalue weighted by Crippen LogP contribution is -3.13. The Hall–Kier alpha value is -2.12. The standard InChI is InChI=1S/C21H27N3O3S/c25-20(16-7-4-12-24(16)21(26)19-9-6-14-28-19)22-15-17(18-8-5-13-27-18)23-10-2-1-3-11-23/h5-6,8-9,13-14,16-17H,1-4,7,10-12,15H2,(H,22,25)/p+1/t16-,17-/m1/s1. The minimum Gasteiger partial charge on any atom is -0.463 e. The lowest BCUT2D eigenvalue weighted by Gasteiger charge is -2.31. The molecule has 0 saturated carbocycles. The summed E-state index contributed by atoms with van der Waals surface area (Å²) in [6, 6.07) is 7.36. The van der Waals surface area contributed by atoms with Gasteiger partial charge in [0, 0.05) is 6.54 Å². The minimum atomic E-state index is -0.372. The summed E-state index contributed by atoms with van der Waals surface area (Å²) in [6.45, 7) is 3.40. The number of carbonyl (C=O) groups is 2. The monoisotopic (exact) mass is 402 g/mol. The Bertz CT molecular complexity index is 769. The first-order valence-corrected chi connectivity index (χ1v) is 11.1. The van der Waals surface area contributed by atoms with Crippen molar-refractivity contribution in [3.8, 4) is 0 Å². The van der Waals surface area contributed by atoms with E-state index >= 15 is 0 Å². The van der Waals surface area contributed by atoms with Gasteiger partial charge in [-0.2, -0.15) is 0 Å². The Balaban J connectivity index is 1.40. The Kier molecular flexibility index (Phi) is 6.12. The average Bonchev–Trinajstić information content (AvgIpc) is 3.51. The zero-order valence-electron chi connectivity index (χ0n) is 16.1. The molecule has 150 valence electrons. The zero-order chi connectivity index (χ0) is 19.3. The number of rotatable bonds is 6. The van der Waals surface area contributed by atoms with Crippen molar-refractivity contribution >= 4 is 23.2 Å². The predicted octanol–water partition coefficient (Wildman–Crippen LogP) is 1.87. The van der Waals surface area contributed by atoms with E-state index in [1.807, 2.05) is 29.6 Å². The van der Waals surface area contributed by atoms with E-state index in [2.05, 4.69) is 5.32 Å². The number of amides is 2. The second-order valence-corrected chi connectivity index (χ2v) is 8.61. The Labute approximate surface area is 169 Å². The van der Waals surface area contributed by atoms with Crippen LogP contribution in [0.2, 0.25) is 0 Å². The topological polar surface area (TPSA) is 67.0 Å². The molecule has 0 unspecified atom stereocenters. The van der Waals surface area contributed by atoms with Gasteiger partial charge in [-0.05, 0) is 55.7 Å². The quantitative estimate of drug-likeness (QED) is 0.775. The summed E-state index contributed by atoms with van der Waals surface area (Å²) in [4.78, 5) is 29.6. The van der Waals surface area contributed by atoms with Crippen LogP contribution in [0.3, 0.4) is 0 Å². The molecule has 0 radical (unpaired) electrons. The molecule has 2 N–H and O–H groups in total. The third-order valence-electron chi connectivity index (χ3n) is 5.90. The van der Waals surface area contributed by atoms with Crippen LogP contribution in [-0.4, -0.2) is 48.9 Å². The van der Waals surface area contributed by atoms with E-state index in [0.29, 0.717) is 18.0 Å². The lowest BCUT2D eigenvalue weighted by atomic mass is 10.1. The summed E-state index contributed by atoms with van der Waals surface area (Å²) in [7, 11) is 0. The summed E-state index contributed by atoms with van der Waals surface area (Å²) >= 11 is 1.43. The molecule has 6 nitrogen and oxygen atoms in total. The van der Waals surface area contributed by atoms with Crippen molar-refractivity contribution in [2.45, 2.75) is 44.2 Å². The zero-order valence-corrected chi connectivity index (χ0v) is 16.9. The molecule has 0 bridgehead atoms. The maximum Gasteiger partial charge on any atom is 0.264 e. The molecule has 0 aromatic carbocycles. The molecule has 0 aliphatic carbocycles. The number of thiophene rings is 1. The van der Waals surface area contributed by atoms with Crippen LogP contribution in [0.1, 0.15) is 53.6 Å². The largest absolute Gasteiger partial charge is 0.463 e. The van der Waals surface area contributed by atoms with E-state index in [4.69, 9.17) is 4.42 Å². The van der Waals surface area contributed by atoms with E-state index in [0.717, 1.165) is 31.7 Å². The molecule has 2 atom stereocenters. The third-order valence-corrected chi connectivity index (χ3v) is 6.76. The normalized spacial score (nSPS) is 21.6. The van der Waals surface area contributed by atoms with Gasteiger partial charge in [0.15, 0.2) is 11.8 Å². The molecule has 2 aliphatic heterocycles. The van der Waals surface area contributed by atoms with Crippen molar-refractivity contribution in [2.75, 3.05) is 26.2 Å². The van der Waals surface area contributed by atoms with Crippen LogP contribution in [0.15, 0.2) is 40.3 Å². The van der Waals surface area contributed by atoms with Gasteiger partial charge in [-0.15, -0.1) is 11.3 Å². The predicted molar refractivity (Wildman–Crippen MR) is 107 cm³/mol. The lowest BCUT2D eigenvalue weighted by molar-refractivity contribution is -0.936. The number of likely N-dealkylation sites (tertiary alicyclic amines) is 2. The van der Waals surface area contributed by atoms with E-state index in [1.54, 1.807) is 11.2 Å². The van der Waals surface area contributed by atoms with Crippen LogP contribution in [0.25, 0.3) is 0 Å². The molecule has 28 heavy (non-hydrogen) atoms. The highest BCUT2D eigenvalue weighted by atomic mass is 32.1. The molecule has 4 rings (SSSR count). The minimum absolute atomic E-state index is 0.0307. The summed E-state index contributed by atoms with van der Waals surface area (Å²) in [5.41, 5.74) is 0. The van der Waals surface area contributed by atoms with E-state index < -0.39 is 0 Å². The second-order valence-electron chi connectivity index (χ2n) is 7.67. The van der Waals surface area contributed by atoms with Gasteiger partial charge in [-0.1, -0.05) is 6.07 Å². The number of piperidine rings is 1. The average molecular weight is 403 g/mol. The smallest absolute Gasteiger partial charge is 0.264 e. The van der Waals surface area contributed by atoms with Crippen molar-refractivity contribution in [3.63, 3.8) is 0 Å². The van der Waals surface area contributed by atoms with Crippen molar-refractivity contribution < 1.29 is 18.9 Å². The van der Waals surface area contributed by atoms with Crippen molar-refractivity contribution in [1.82, 2.24) is 10.2 Å². The van der Waals surface area contributed by atoms with Crippen molar-refractivity contribution in [2.24, 2.45) is 0 Å². The highest BCUT2D eigenvalue weighted by Crippen LogP contribution is 2.22. The van der Waals surface area contributed by atoms with Gasteiger partial charge in [-0.25, -0.2) is 0 Å². The first kappa shape index (κ1) is 19.2. The molecular formula is C21H28N3O3S+. The highest BCUT2D eigenvalue weighted by Gasteiger charge is 2.36. The Morgan fingerprint density at radius 2 is 2.07 bits per heavy atom. The Morgan fingerprint density at radius 3 is 2.79 bits per heavy atom. The van der Waals surface area contributed by atoms with Gasteiger partial charge >= 0.3 is 0 Å². The van der Waals surface area contributed by atoms with Gasteiger partial charge < -0.3 is 19.5 Å². The number of hydrogen-bond donors (Lipinski definition) is 2. The van der Waals surface area contributed by atoms with E-state index in [9.17, 15) is 9.59 Å². The number of hydrogen-bond acceptors (Lipinski definition) is 4. The summed E-state index contributed by atoms with van der Waals surface area (Å²) in [5, 5.41) is 5.03. The highest BCUT2D eigenvalue weighted by molar-refractivity contribution is 7.12. The number of carbonyl (C=O) groups excluding carboxylic acids is 2. The molecule has 7 heteroatoms. The number of nitrogens with zero attached hydrogens (tertiary/aromatic N) is 1. The number of furan rings is 1. The number of nitrogens with one attached hydrogen (secondary N) is 2. The first-order valence-electron chi connectivity index (χ1n) is 10.2. The van der Waals surface area contributed by atoms with E-state index in [1.165, 1.54) is 35.5 Å². The summed E-state index contributed by atoms with van der Waals surface area (Å²) in [5.74, 6) is 0.849. The molecule has 2 aliphatic rings.